The van der Waals surface area contributed by atoms with Gasteiger partial charge >= 0.3 is 5.97 Å². The van der Waals surface area contributed by atoms with E-state index in [4.69, 9.17) is 14.2 Å². The molecule has 0 heterocycles. The molecule has 0 saturated carbocycles. The Morgan fingerprint density at radius 2 is 2.00 bits per heavy atom. The molecule has 1 atom stereocenters. The van der Waals surface area contributed by atoms with Crippen LogP contribution in [0.5, 0.6) is 5.75 Å². The Morgan fingerprint density at radius 3 is 2.60 bits per heavy atom. The largest absolute Gasteiger partial charge is 0.490 e. The Kier molecular flexibility index (Phi) is 7.14. The molecule has 0 aromatic heterocycles. The predicted octanol–water partition coefficient (Wildman–Crippen LogP) is 2.76. The normalized spacial score (nSPS) is 11.4. The predicted molar refractivity (Wildman–Crippen MR) is 77.6 cm³/mol. The lowest BCUT2D eigenvalue weighted by Gasteiger charge is -2.18. The molecule has 0 bridgehead atoms. The highest BCUT2D eigenvalue weighted by Crippen LogP contribution is 2.10. The molecular weight excluding hydrogens is 256 g/mol. The highest BCUT2D eigenvalue weighted by molar-refractivity contribution is 5.87. The van der Waals surface area contributed by atoms with Crippen LogP contribution < -0.4 is 4.74 Å². The van der Waals surface area contributed by atoms with Gasteiger partial charge in [-0.1, -0.05) is 30.9 Å². The van der Waals surface area contributed by atoms with Crippen LogP contribution in [0.3, 0.4) is 0 Å². The highest BCUT2D eigenvalue weighted by atomic mass is 16.6. The molecule has 0 N–H and O–H groups in total. The lowest BCUT2D eigenvalue weighted by Crippen LogP contribution is -2.30. The Hall–Kier alpha value is -2.07. The Balaban J connectivity index is 2.50. The lowest BCUT2D eigenvalue weighted by molar-refractivity contribution is -0.148. The van der Waals surface area contributed by atoms with E-state index in [1.54, 1.807) is 13.0 Å². The van der Waals surface area contributed by atoms with Crippen molar-refractivity contribution in [2.24, 2.45) is 0 Å². The van der Waals surface area contributed by atoms with E-state index in [0.717, 1.165) is 0 Å². The molecule has 0 fully saturated rings. The summed E-state index contributed by atoms with van der Waals surface area (Å²) in [6.45, 7) is 9.58. The van der Waals surface area contributed by atoms with E-state index in [0.29, 0.717) is 17.9 Å². The molecule has 0 aliphatic heterocycles. The van der Waals surface area contributed by atoms with Gasteiger partial charge in [-0.3, -0.25) is 0 Å². The number of carbonyl (C=O) groups is 1. The number of benzene rings is 1. The van der Waals surface area contributed by atoms with Crippen LogP contribution in [0.2, 0.25) is 0 Å². The maximum absolute atomic E-state index is 11.5. The van der Waals surface area contributed by atoms with Crippen molar-refractivity contribution in [1.82, 2.24) is 0 Å². The van der Waals surface area contributed by atoms with Crippen LogP contribution >= 0.6 is 0 Å². The smallest absolute Gasteiger partial charge is 0.333 e. The second-order valence-corrected chi connectivity index (χ2v) is 4.26. The van der Waals surface area contributed by atoms with Gasteiger partial charge in [-0.25, -0.2) is 4.79 Å². The van der Waals surface area contributed by atoms with Crippen molar-refractivity contribution in [2.75, 3.05) is 19.8 Å². The van der Waals surface area contributed by atoms with E-state index in [1.807, 2.05) is 30.3 Å². The van der Waals surface area contributed by atoms with Gasteiger partial charge in [0.1, 0.15) is 12.4 Å². The lowest BCUT2D eigenvalue weighted by atomic mass is 10.3. The van der Waals surface area contributed by atoms with Crippen molar-refractivity contribution in [2.45, 2.75) is 13.0 Å². The molecule has 0 aliphatic rings. The van der Waals surface area contributed by atoms with E-state index in [-0.39, 0.29) is 13.2 Å². The van der Waals surface area contributed by atoms with Crippen molar-refractivity contribution in [3.8, 4) is 5.75 Å². The third-order valence-electron chi connectivity index (χ3n) is 2.34. The van der Waals surface area contributed by atoms with Crippen molar-refractivity contribution >= 4 is 5.97 Å². The average molecular weight is 276 g/mol. The Bertz CT molecular complexity index is 439. The number of hydrogen-bond donors (Lipinski definition) is 0. The summed E-state index contributed by atoms with van der Waals surface area (Å²) in [6.07, 6.45) is 1.15. The molecule has 0 aliphatic carbocycles. The van der Waals surface area contributed by atoms with Gasteiger partial charge < -0.3 is 14.2 Å². The van der Waals surface area contributed by atoms with Crippen LogP contribution in [-0.4, -0.2) is 31.9 Å². The molecule has 1 aromatic carbocycles. The van der Waals surface area contributed by atoms with Gasteiger partial charge in [-0.05, 0) is 19.1 Å². The number of carbonyl (C=O) groups excluding carboxylic acids is 1. The van der Waals surface area contributed by atoms with Crippen LogP contribution in [0, 0.1) is 0 Å². The fourth-order valence-electron chi connectivity index (χ4n) is 1.36. The van der Waals surface area contributed by atoms with Crippen molar-refractivity contribution in [1.29, 1.82) is 0 Å². The molecule has 0 amide bonds. The molecule has 20 heavy (non-hydrogen) atoms. The maximum atomic E-state index is 11.5. The van der Waals surface area contributed by atoms with Crippen LogP contribution in [0.25, 0.3) is 0 Å². The summed E-state index contributed by atoms with van der Waals surface area (Å²) >= 11 is 0. The number of para-hydroxylation sites is 1. The van der Waals surface area contributed by atoms with Gasteiger partial charge in [0.2, 0.25) is 0 Å². The number of hydrogen-bond acceptors (Lipinski definition) is 4. The SMILES string of the molecule is C=CCOCC(COc1ccccc1)OC(=O)C(=C)C. The first-order chi connectivity index (χ1) is 9.63. The topological polar surface area (TPSA) is 44.8 Å². The molecule has 4 nitrogen and oxygen atoms in total. The first-order valence-corrected chi connectivity index (χ1v) is 6.36. The summed E-state index contributed by atoms with van der Waals surface area (Å²) in [4.78, 5) is 11.5. The minimum atomic E-state index is -0.487. The fourth-order valence-corrected chi connectivity index (χ4v) is 1.36. The Morgan fingerprint density at radius 1 is 1.30 bits per heavy atom. The maximum Gasteiger partial charge on any atom is 0.333 e. The van der Waals surface area contributed by atoms with Gasteiger partial charge in [0.05, 0.1) is 13.2 Å². The van der Waals surface area contributed by atoms with E-state index in [1.165, 1.54) is 0 Å². The van der Waals surface area contributed by atoms with Crippen molar-refractivity contribution in [3.05, 3.63) is 55.1 Å². The number of rotatable bonds is 9. The summed E-state index contributed by atoms with van der Waals surface area (Å²) in [7, 11) is 0. The van der Waals surface area contributed by atoms with Gasteiger partial charge in [0.15, 0.2) is 6.10 Å². The van der Waals surface area contributed by atoms with Gasteiger partial charge in [0, 0.05) is 5.57 Å². The summed E-state index contributed by atoms with van der Waals surface area (Å²) in [5, 5.41) is 0. The molecule has 1 unspecified atom stereocenters. The molecule has 0 spiro atoms. The molecular formula is C16H20O4. The fraction of sp³-hybridized carbons (Fsp3) is 0.312. The minimum absolute atomic E-state index is 0.222. The van der Waals surface area contributed by atoms with Crippen LogP contribution in [0.1, 0.15) is 6.92 Å². The van der Waals surface area contributed by atoms with Crippen molar-refractivity contribution in [3.63, 3.8) is 0 Å². The quantitative estimate of drug-likeness (QED) is 0.301. The third kappa shape index (κ3) is 6.20. The molecule has 0 radical (unpaired) electrons. The third-order valence-corrected chi connectivity index (χ3v) is 2.34. The summed E-state index contributed by atoms with van der Waals surface area (Å²) in [5.74, 6) is 0.265. The zero-order valence-corrected chi connectivity index (χ0v) is 11.7. The van der Waals surface area contributed by atoms with Crippen LogP contribution in [0.4, 0.5) is 0 Å². The zero-order valence-electron chi connectivity index (χ0n) is 11.7. The minimum Gasteiger partial charge on any atom is -0.490 e. The monoisotopic (exact) mass is 276 g/mol. The van der Waals surface area contributed by atoms with Gasteiger partial charge in [0.25, 0.3) is 0 Å². The molecule has 1 rings (SSSR count). The Labute approximate surface area is 119 Å². The zero-order chi connectivity index (χ0) is 14.8. The number of esters is 1. The first kappa shape index (κ1) is 16.0. The number of ether oxygens (including phenoxy) is 3. The summed E-state index contributed by atoms with van der Waals surface area (Å²) in [5.41, 5.74) is 0.346. The summed E-state index contributed by atoms with van der Waals surface area (Å²) < 4.78 is 16.1. The highest BCUT2D eigenvalue weighted by Gasteiger charge is 2.16. The van der Waals surface area contributed by atoms with Gasteiger partial charge in [-0.15, -0.1) is 6.58 Å². The molecule has 4 heteroatoms. The van der Waals surface area contributed by atoms with Crippen LogP contribution in [0.15, 0.2) is 55.1 Å². The molecule has 0 saturated heterocycles. The second-order valence-electron chi connectivity index (χ2n) is 4.26. The van der Waals surface area contributed by atoms with E-state index in [9.17, 15) is 4.79 Å². The first-order valence-electron chi connectivity index (χ1n) is 6.36. The van der Waals surface area contributed by atoms with E-state index >= 15 is 0 Å². The van der Waals surface area contributed by atoms with Crippen LogP contribution in [-0.2, 0) is 14.3 Å². The summed E-state index contributed by atoms with van der Waals surface area (Å²) in [6, 6.07) is 9.32. The van der Waals surface area contributed by atoms with Crippen molar-refractivity contribution < 1.29 is 19.0 Å². The van der Waals surface area contributed by atoms with E-state index < -0.39 is 12.1 Å². The average Bonchev–Trinajstić information content (AvgIpc) is 2.45. The molecule has 108 valence electrons. The van der Waals surface area contributed by atoms with E-state index in [2.05, 4.69) is 13.2 Å². The second kappa shape index (κ2) is 8.93. The molecule has 1 aromatic rings. The van der Waals surface area contributed by atoms with Gasteiger partial charge in [-0.2, -0.15) is 0 Å². The standard InChI is InChI=1S/C16H20O4/c1-4-10-18-11-15(20-16(17)13(2)3)12-19-14-8-6-5-7-9-14/h4-9,15H,1-2,10-12H2,3H3.